The second kappa shape index (κ2) is 5.15. The van der Waals surface area contributed by atoms with Crippen molar-refractivity contribution in [2.24, 2.45) is 5.92 Å². The fraction of sp³-hybridized carbons (Fsp3) is 0.500. The minimum Gasteiger partial charge on any atom is -0.497 e. The fourth-order valence-corrected chi connectivity index (χ4v) is 2.75. The van der Waals surface area contributed by atoms with Gasteiger partial charge in [0.2, 0.25) is 0 Å². The van der Waals surface area contributed by atoms with Gasteiger partial charge < -0.3 is 10.1 Å². The van der Waals surface area contributed by atoms with Gasteiger partial charge in [-0.15, -0.1) is 0 Å². The lowest BCUT2D eigenvalue weighted by Gasteiger charge is -2.23. The van der Waals surface area contributed by atoms with E-state index in [-0.39, 0.29) is 0 Å². The summed E-state index contributed by atoms with van der Waals surface area (Å²) in [5.41, 5.74) is 1.41. The second-order valence-corrected chi connectivity index (χ2v) is 5.39. The predicted octanol–water partition coefficient (Wildman–Crippen LogP) is 3.45. The van der Waals surface area contributed by atoms with Crippen LogP contribution in [0, 0.1) is 5.92 Å². The fourth-order valence-electron chi connectivity index (χ4n) is 2.75. The van der Waals surface area contributed by atoms with E-state index in [1.54, 1.807) is 7.11 Å². The molecule has 2 aliphatic carbocycles. The zero-order valence-electron chi connectivity index (χ0n) is 10.9. The highest BCUT2D eigenvalue weighted by molar-refractivity contribution is 5.30. The zero-order valence-corrected chi connectivity index (χ0v) is 10.9. The Morgan fingerprint density at radius 3 is 2.33 bits per heavy atom. The normalized spacial score (nSPS) is 21.2. The van der Waals surface area contributed by atoms with E-state index in [0.717, 1.165) is 11.7 Å². The molecular formula is C16H21NO. The molecule has 2 aliphatic rings. The molecule has 0 aliphatic heterocycles. The number of hydrogen-bond acceptors (Lipinski definition) is 2. The van der Waals surface area contributed by atoms with E-state index in [1.807, 2.05) is 0 Å². The molecule has 0 saturated heterocycles. The Hall–Kier alpha value is -1.28. The number of hydrogen-bond donors (Lipinski definition) is 1. The van der Waals surface area contributed by atoms with Crippen molar-refractivity contribution >= 4 is 0 Å². The molecule has 96 valence electrons. The Bertz CT molecular complexity index is 411. The van der Waals surface area contributed by atoms with Gasteiger partial charge in [-0.1, -0.05) is 24.3 Å². The van der Waals surface area contributed by atoms with Crippen molar-refractivity contribution in [2.45, 2.75) is 37.8 Å². The smallest absolute Gasteiger partial charge is 0.118 e. The van der Waals surface area contributed by atoms with Crippen LogP contribution in [-0.2, 0) is 0 Å². The van der Waals surface area contributed by atoms with Crippen molar-refractivity contribution < 1.29 is 4.74 Å². The summed E-state index contributed by atoms with van der Waals surface area (Å²) in [5.74, 6) is 1.77. The van der Waals surface area contributed by atoms with Crippen molar-refractivity contribution in [1.29, 1.82) is 0 Å². The Labute approximate surface area is 109 Å². The summed E-state index contributed by atoms with van der Waals surface area (Å²) in [6, 6.07) is 9.71. The van der Waals surface area contributed by atoms with Gasteiger partial charge >= 0.3 is 0 Å². The molecule has 1 unspecified atom stereocenters. The zero-order chi connectivity index (χ0) is 12.4. The van der Waals surface area contributed by atoms with Crippen LogP contribution < -0.4 is 10.1 Å². The SMILES string of the molecule is COc1ccc(C(NC2CC=CC2)C2CC2)cc1. The van der Waals surface area contributed by atoms with Crippen LogP contribution in [0.3, 0.4) is 0 Å². The van der Waals surface area contributed by atoms with E-state index < -0.39 is 0 Å². The molecule has 2 nitrogen and oxygen atoms in total. The maximum Gasteiger partial charge on any atom is 0.118 e. The van der Waals surface area contributed by atoms with Crippen LogP contribution in [0.2, 0.25) is 0 Å². The van der Waals surface area contributed by atoms with Crippen molar-refractivity contribution in [2.75, 3.05) is 7.11 Å². The Morgan fingerprint density at radius 1 is 1.11 bits per heavy atom. The van der Waals surface area contributed by atoms with Gasteiger partial charge in [0.15, 0.2) is 0 Å². The molecule has 18 heavy (non-hydrogen) atoms. The molecule has 1 saturated carbocycles. The number of rotatable bonds is 5. The third kappa shape index (κ3) is 2.59. The van der Waals surface area contributed by atoms with Crippen LogP contribution in [0.4, 0.5) is 0 Å². The summed E-state index contributed by atoms with van der Waals surface area (Å²) in [6.07, 6.45) is 9.66. The van der Waals surface area contributed by atoms with E-state index in [4.69, 9.17) is 4.74 Å². The van der Waals surface area contributed by atoms with Crippen LogP contribution in [0.15, 0.2) is 36.4 Å². The number of benzene rings is 1. The third-order valence-corrected chi connectivity index (χ3v) is 3.99. The van der Waals surface area contributed by atoms with Gasteiger partial charge in [-0.05, 0) is 49.3 Å². The standard InChI is InChI=1S/C16H21NO/c1-18-15-10-8-13(9-11-15)16(12-6-7-12)17-14-4-2-3-5-14/h2-3,8-12,14,16-17H,4-7H2,1H3. The highest BCUT2D eigenvalue weighted by atomic mass is 16.5. The average molecular weight is 243 g/mol. The average Bonchev–Trinajstić information content (AvgIpc) is 3.13. The molecule has 1 N–H and O–H groups in total. The molecule has 0 radical (unpaired) electrons. The van der Waals surface area contributed by atoms with Crippen molar-refractivity contribution in [3.8, 4) is 5.75 Å². The molecule has 1 atom stereocenters. The third-order valence-electron chi connectivity index (χ3n) is 3.99. The summed E-state index contributed by atoms with van der Waals surface area (Å²) in [4.78, 5) is 0. The number of nitrogens with one attached hydrogen (secondary N) is 1. The van der Waals surface area contributed by atoms with Gasteiger partial charge in [-0.2, -0.15) is 0 Å². The molecule has 0 bridgehead atoms. The van der Waals surface area contributed by atoms with Crippen LogP contribution in [-0.4, -0.2) is 13.2 Å². The van der Waals surface area contributed by atoms with Crippen molar-refractivity contribution in [1.82, 2.24) is 5.32 Å². The first kappa shape index (κ1) is 11.8. The molecule has 1 fully saturated rings. The first-order valence-corrected chi connectivity index (χ1v) is 6.92. The van der Waals surface area contributed by atoms with Crippen molar-refractivity contribution in [3.05, 3.63) is 42.0 Å². The van der Waals surface area contributed by atoms with Gasteiger partial charge in [0, 0.05) is 12.1 Å². The molecule has 1 aromatic carbocycles. The molecule has 1 aromatic rings. The minimum absolute atomic E-state index is 0.529. The van der Waals surface area contributed by atoms with Crippen LogP contribution in [0.5, 0.6) is 5.75 Å². The van der Waals surface area contributed by atoms with E-state index in [1.165, 1.54) is 31.2 Å². The molecule has 0 spiro atoms. The summed E-state index contributed by atoms with van der Waals surface area (Å²) >= 11 is 0. The molecule has 0 aromatic heterocycles. The van der Waals surface area contributed by atoms with Crippen molar-refractivity contribution in [3.63, 3.8) is 0 Å². The predicted molar refractivity (Wildman–Crippen MR) is 73.8 cm³/mol. The number of methoxy groups -OCH3 is 1. The Kier molecular flexibility index (Phi) is 3.37. The van der Waals surface area contributed by atoms with Crippen LogP contribution in [0.25, 0.3) is 0 Å². The first-order valence-electron chi connectivity index (χ1n) is 6.92. The van der Waals surface area contributed by atoms with E-state index in [0.29, 0.717) is 12.1 Å². The van der Waals surface area contributed by atoms with Gasteiger partial charge in [0.25, 0.3) is 0 Å². The summed E-state index contributed by atoms with van der Waals surface area (Å²) < 4.78 is 5.23. The van der Waals surface area contributed by atoms with E-state index >= 15 is 0 Å². The molecule has 3 rings (SSSR count). The highest BCUT2D eigenvalue weighted by Gasteiger charge is 2.33. The van der Waals surface area contributed by atoms with E-state index in [2.05, 4.69) is 41.7 Å². The lowest BCUT2D eigenvalue weighted by atomic mass is 10.0. The van der Waals surface area contributed by atoms with Gasteiger partial charge in [-0.3, -0.25) is 0 Å². The summed E-state index contributed by atoms with van der Waals surface area (Å²) in [5, 5.41) is 3.83. The van der Waals surface area contributed by atoms with Crippen LogP contribution in [0.1, 0.15) is 37.3 Å². The van der Waals surface area contributed by atoms with Gasteiger partial charge in [0.05, 0.1) is 7.11 Å². The van der Waals surface area contributed by atoms with E-state index in [9.17, 15) is 0 Å². The lowest BCUT2D eigenvalue weighted by molar-refractivity contribution is 0.406. The maximum atomic E-state index is 5.23. The number of ether oxygens (including phenoxy) is 1. The molecular weight excluding hydrogens is 222 g/mol. The second-order valence-electron chi connectivity index (χ2n) is 5.39. The first-order chi connectivity index (χ1) is 8.86. The minimum atomic E-state index is 0.529. The molecule has 0 heterocycles. The van der Waals surface area contributed by atoms with Crippen LogP contribution >= 0.6 is 0 Å². The lowest BCUT2D eigenvalue weighted by Crippen LogP contribution is -2.32. The molecule has 0 amide bonds. The van der Waals surface area contributed by atoms with Gasteiger partial charge in [0.1, 0.15) is 5.75 Å². The van der Waals surface area contributed by atoms with Gasteiger partial charge in [-0.25, -0.2) is 0 Å². The Balaban J connectivity index is 1.71. The molecule has 2 heteroatoms. The maximum absolute atomic E-state index is 5.23. The Morgan fingerprint density at radius 2 is 1.78 bits per heavy atom. The monoisotopic (exact) mass is 243 g/mol. The highest BCUT2D eigenvalue weighted by Crippen LogP contribution is 2.42. The quantitative estimate of drug-likeness (QED) is 0.800. The summed E-state index contributed by atoms with van der Waals surface area (Å²) in [7, 11) is 1.72. The summed E-state index contributed by atoms with van der Waals surface area (Å²) in [6.45, 7) is 0. The topological polar surface area (TPSA) is 21.3 Å². The largest absolute Gasteiger partial charge is 0.497 e.